The zero-order valence-electron chi connectivity index (χ0n) is 11.4. The molecule has 1 heterocycles. The fourth-order valence-electron chi connectivity index (χ4n) is 2.13. The molecule has 0 radical (unpaired) electrons. The Morgan fingerprint density at radius 2 is 1.91 bits per heavy atom. The first kappa shape index (κ1) is 13.8. The van der Waals surface area contributed by atoms with Gasteiger partial charge in [0.05, 0.1) is 11.3 Å². The summed E-state index contributed by atoms with van der Waals surface area (Å²) < 4.78 is 5.50. The van der Waals surface area contributed by atoms with Crippen LogP contribution in [0.5, 0.6) is 0 Å². The van der Waals surface area contributed by atoms with Crippen LogP contribution in [0.3, 0.4) is 0 Å². The number of anilines is 1. The summed E-state index contributed by atoms with van der Waals surface area (Å²) in [6.07, 6.45) is -0.00240. The maximum atomic E-state index is 11.2. The number of fused-ring (bicyclic) bond motifs is 1. The molecule has 0 saturated carbocycles. The minimum Gasteiger partial charge on any atom is -0.478 e. The Morgan fingerprint density at radius 3 is 2.59 bits per heavy atom. The first-order valence-electron chi connectivity index (χ1n) is 6.57. The van der Waals surface area contributed by atoms with E-state index >= 15 is 0 Å². The minimum absolute atomic E-state index is 0.188. The molecule has 6 heteroatoms. The summed E-state index contributed by atoms with van der Waals surface area (Å²) in [6, 6.07) is 13.6. The van der Waals surface area contributed by atoms with Crippen LogP contribution in [0.15, 0.2) is 53.5 Å². The van der Waals surface area contributed by atoms with Crippen molar-refractivity contribution in [2.24, 2.45) is 4.99 Å². The molecule has 110 valence electrons. The molecule has 1 unspecified atom stereocenters. The molecule has 0 fully saturated rings. The van der Waals surface area contributed by atoms with Crippen LogP contribution in [0.25, 0.3) is 0 Å². The van der Waals surface area contributed by atoms with Crippen molar-refractivity contribution in [1.29, 1.82) is 0 Å². The van der Waals surface area contributed by atoms with Gasteiger partial charge in [0.15, 0.2) is 12.4 Å². The summed E-state index contributed by atoms with van der Waals surface area (Å²) in [5.74, 6) is -0.993. The molecule has 3 rings (SSSR count). The van der Waals surface area contributed by atoms with E-state index in [1.807, 2.05) is 12.1 Å². The lowest BCUT2D eigenvalue weighted by molar-refractivity contribution is -0.114. The molecule has 1 aliphatic rings. The van der Waals surface area contributed by atoms with Gasteiger partial charge in [0.25, 0.3) is 6.02 Å². The second kappa shape index (κ2) is 5.69. The molecule has 2 N–H and O–H groups in total. The van der Waals surface area contributed by atoms with Gasteiger partial charge in [-0.05, 0) is 30.3 Å². The Bertz CT molecular complexity index is 753. The minimum atomic E-state index is -0.993. The number of nitrogens with zero attached hydrogens (tertiary/aromatic N) is 1. The molecular weight excluding hydrogens is 284 g/mol. The van der Waals surface area contributed by atoms with Gasteiger partial charge in [-0.15, -0.1) is 0 Å². The van der Waals surface area contributed by atoms with Crippen molar-refractivity contribution < 1.29 is 19.4 Å². The number of hydrogen-bond donors (Lipinski definition) is 2. The predicted octanol–water partition coefficient (Wildman–Crippen LogP) is 2.75. The first-order valence-corrected chi connectivity index (χ1v) is 6.57. The van der Waals surface area contributed by atoms with E-state index in [1.165, 1.54) is 12.1 Å². The molecule has 1 aliphatic heterocycles. The number of aromatic carboxylic acids is 1. The average Bonchev–Trinajstić information content (AvgIpc) is 2.54. The van der Waals surface area contributed by atoms with Gasteiger partial charge in [-0.25, -0.2) is 4.79 Å². The number of rotatable bonds is 3. The predicted molar refractivity (Wildman–Crippen MR) is 80.5 cm³/mol. The molecular formula is C16H12N2O4. The number of carboxylic acids is 1. The van der Waals surface area contributed by atoms with E-state index in [0.29, 0.717) is 23.2 Å². The second-order valence-electron chi connectivity index (χ2n) is 4.66. The van der Waals surface area contributed by atoms with Crippen molar-refractivity contribution in [3.63, 3.8) is 0 Å². The third-order valence-electron chi connectivity index (χ3n) is 3.21. The van der Waals surface area contributed by atoms with Crippen LogP contribution in [-0.2, 0) is 9.53 Å². The fourth-order valence-corrected chi connectivity index (χ4v) is 2.13. The standard InChI is InChI=1S/C16H12N2O4/c19-9-14-12-3-1-2-4-13(12)18-16(22-14)17-11-7-5-10(6-8-11)15(20)21/h1-9,14H,(H,17,18)(H,20,21). The van der Waals surface area contributed by atoms with Gasteiger partial charge in [-0.1, -0.05) is 18.2 Å². The van der Waals surface area contributed by atoms with Gasteiger partial charge in [0.1, 0.15) is 0 Å². The average molecular weight is 296 g/mol. The Morgan fingerprint density at radius 1 is 1.18 bits per heavy atom. The highest BCUT2D eigenvalue weighted by Crippen LogP contribution is 2.31. The van der Waals surface area contributed by atoms with E-state index in [-0.39, 0.29) is 11.6 Å². The van der Waals surface area contributed by atoms with E-state index in [9.17, 15) is 9.59 Å². The summed E-state index contributed by atoms with van der Waals surface area (Å²) in [6.45, 7) is 0. The first-order chi connectivity index (χ1) is 10.7. The lowest BCUT2D eigenvalue weighted by Gasteiger charge is -2.22. The van der Waals surface area contributed by atoms with E-state index in [2.05, 4.69) is 10.3 Å². The van der Waals surface area contributed by atoms with Crippen molar-refractivity contribution in [3.05, 3.63) is 59.7 Å². The number of hydrogen-bond acceptors (Lipinski definition) is 5. The Hall–Kier alpha value is -3.15. The summed E-state index contributed by atoms with van der Waals surface area (Å²) in [5.41, 5.74) is 2.18. The number of carbonyl (C=O) groups excluding carboxylic acids is 1. The topological polar surface area (TPSA) is 88.0 Å². The van der Waals surface area contributed by atoms with Crippen molar-refractivity contribution >= 4 is 29.7 Å². The SMILES string of the molecule is O=CC1OC(Nc2ccc(C(=O)O)cc2)=Nc2ccccc21. The summed E-state index contributed by atoms with van der Waals surface area (Å²) in [4.78, 5) is 26.3. The number of carbonyl (C=O) groups is 2. The maximum Gasteiger partial charge on any atom is 0.335 e. The molecule has 0 bridgehead atoms. The van der Waals surface area contributed by atoms with Crippen LogP contribution in [-0.4, -0.2) is 23.4 Å². The zero-order chi connectivity index (χ0) is 15.5. The highest BCUT2D eigenvalue weighted by molar-refractivity contribution is 5.95. The fraction of sp³-hybridized carbons (Fsp3) is 0.0625. The lowest BCUT2D eigenvalue weighted by atomic mass is 10.1. The summed E-state index contributed by atoms with van der Waals surface area (Å²) in [5, 5.41) is 11.8. The van der Waals surface area contributed by atoms with E-state index in [1.54, 1.807) is 24.3 Å². The quantitative estimate of drug-likeness (QED) is 0.850. The number of amidine groups is 1. The van der Waals surface area contributed by atoms with E-state index in [4.69, 9.17) is 9.84 Å². The number of nitrogens with one attached hydrogen (secondary N) is 1. The number of aliphatic imine (C=N–C) groups is 1. The molecule has 22 heavy (non-hydrogen) atoms. The Balaban J connectivity index is 1.85. The normalized spacial score (nSPS) is 16.0. The van der Waals surface area contributed by atoms with Gasteiger partial charge in [0.2, 0.25) is 0 Å². The molecule has 0 amide bonds. The maximum absolute atomic E-state index is 11.2. The molecule has 6 nitrogen and oxygen atoms in total. The van der Waals surface area contributed by atoms with Crippen molar-refractivity contribution in [2.45, 2.75) is 6.10 Å². The highest BCUT2D eigenvalue weighted by atomic mass is 16.5. The Labute approximate surface area is 126 Å². The number of aldehydes is 1. The third-order valence-corrected chi connectivity index (χ3v) is 3.21. The van der Waals surface area contributed by atoms with Crippen LogP contribution >= 0.6 is 0 Å². The molecule has 0 aliphatic carbocycles. The number of carboxylic acid groups (broad SMARTS) is 1. The number of para-hydroxylation sites is 1. The molecule has 0 aromatic heterocycles. The van der Waals surface area contributed by atoms with Gasteiger partial charge in [-0.2, -0.15) is 4.99 Å². The van der Waals surface area contributed by atoms with Gasteiger partial charge in [0, 0.05) is 11.3 Å². The van der Waals surface area contributed by atoms with Crippen molar-refractivity contribution in [1.82, 2.24) is 0 Å². The largest absolute Gasteiger partial charge is 0.478 e. The highest BCUT2D eigenvalue weighted by Gasteiger charge is 2.23. The summed E-state index contributed by atoms with van der Waals surface area (Å²) in [7, 11) is 0. The lowest BCUT2D eigenvalue weighted by Crippen LogP contribution is -2.23. The molecule has 1 atom stereocenters. The molecule has 2 aromatic rings. The monoisotopic (exact) mass is 296 g/mol. The number of ether oxygens (including phenoxy) is 1. The van der Waals surface area contributed by atoms with E-state index in [0.717, 1.165) is 0 Å². The van der Waals surface area contributed by atoms with Crippen LogP contribution < -0.4 is 5.32 Å². The smallest absolute Gasteiger partial charge is 0.335 e. The van der Waals surface area contributed by atoms with Crippen LogP contribution in [0, 0.1) is 0 Å². The third kappa shape index (κ3) is 2.67. The van der Waals surface area contributed by atoms with Crippen molar-refractivity contribution in [3.8, 4) is 0 Å². The van der Waals surface area contributed by atoms with Gasteiger partial charge < -0.3 is 15.2 Å². The van der Waals surface area contributed by atoms with Crippen LogP contribution in [0.1, 0.15) is 22.0 Å². The van der Waals surface area contributed by atoms with Crippen LogP contribution in [0.4, 0.5) is 11.4 Å². The summed E-state index contributed by atoms with van der Waals surface area (Å²) >= 11 is 0. The Kier molecular flexibility index (Phi) is 3.57. The second-order valence-corrected chi connectivity index (χ2v) is 4.66. The zero-order valence-corrected chi connectivity index (χ0v) is 11.4. The van der Waals surface area contributed by atoms with Gasteiger partial charge in [-0.3, -0.25) is 4.79 Å². The molecule has 2 aromatic carbocycles. The molecule has 0 spiro atoms. The van der Waals surface area contributed by atoms with Crippen LogP contribution in [0.2, 0.25) is 0 Å². The molecule has 0 saturated heterocycles. The van der Waals surface area contributed by atoms with Crippen molar-refractivity contribution in [2.75, 3.05) is 5.32 Å². The van der Waals surface area contributed by atoms with E-state index < -0.39 is 12.1 Å². The van der Waals surface area contributed by atoms with Gasteiger partial charge >= 0.3 is 5.97 Å². The number of benzene rings is 2.